The Kier molecular flexibility index (Phi) is 12.6. The summed E-state index contributed by atoms with van der Waals surface area (Å²) in [4.78, 5) is 66.8. The minimum Gasteiger partial charge on any atom is -0.455 e. The number of nitrogens with zero attached hydrogens (tertiary/aromatic N) is 4. The van der Waals surface area contributed by atoms with Crippen LogP contribution in [0.25, 0.3) is 17.0 Å². The van der Waals surface area contributed by atoms with Gasteiger partial charge in [-0.15, -0.1) is 0 Å². The van der Waals surface area contributed by atoms with Crippen molar-refractivity contribution in [2.75, 3.05) is 6.54 Å². The maximum Gasteiger partial charge on any atom is 0.325 e. The Morgan fingerprint density at radius 3 is 2.08 bits per heavy atom. The van der Waals surface area contributed by atoms with Crippen LogP contribution in [-0.4, -0.2) is 67.9 Å². The van der Waals surface area contributed by atoms with E-state index in [4.69, 9.17) is 14.7 Å². The number of hydrogen-bond acceptors (Lipinski definition) is 8. The highest BCUT2D eigenvalue weighted by Crippen LogP contribution is 2.41. The van der Waals surface area contributed by atoms with Crippen LogP contribution < -0.4 is 16.1 Å². The number of amides is 3. The Balaban J connectivity index is 1.17. The van der Waals surface area contributed by atoms with Gasteiger partial charge in [0, 0.05) is 24.5 Å². The Bertz CT molecular complexity index is 2570. The zero-order chi connectivity index (χ0) is 45.0. The number of pyridine rings is 1. The standard InChI is InChI=1S/C52H55N7O5/c1-34(2)46-47(60)55-45(31-41-32-58(33-53-41)52(38-16-9-6-10-17-38,39-18-11-7-12-19-39)40-20-13-8-14-21-40)48(61)59-29-15-22-43(57-59)49(62)64-35(3)42-26-25-37-24-23-36(30-44(37)54-42)27-28-51(4,5)50(63)56-46/h6-14,16-21,23-28,30,32-35,43,45-46,57H,15,22,29,31H2,1-5H3,(H,55,60)(H,56,63). The van der Waals surface area contributed by atoms with Crippen LogP contribution in [0.3, 0.4) is 0 Å². The van der Waals surface area contributed by atoms with Crippen LogP contribution in [-0.2, 0) is 35.9 Å². The second kappa shape index (κ2) is 18.4. The molecule has 2 aromatic heterocycles. The van der Waals surface area contributed by atoms with Crippen LogP contribution in [0.2, 0.25) is 0 Å². The first-order chi connectivity index (χ1) is 30.8. The topological polar surface area (TPSA) is 148 Å². The molecule has 6 aromatic rings. The molecule has 4 aromatic carbocycles. The highest BCUT2D eigenvalue weighted by Gasteiger charge is 2.40. The second-order valence-electron chi connectivity index (χ2n) is 17.7. The number of hydrazine groups is 1. The van der Waals surface area contributed by atoms with Gasteiger partial charge in [-0.25, -0.2) is 15.4 Å². The SMILES string of the molecule is CC1OC(=O)C2CCCN(N2)C(=O)C(Cc2cn(C(c3ccccc3)(c3ccccc3)c3ccccc3)cn2)NC(=O)C(C(C)C)NC(=O)C(C)(C)C=Cc2ccc3ccc1nc3c2. The van der Waals surface area contributed by atoms with E-state index in [2.05, 4.69) is 57.0 Å². The van der Waals surface area contributed by atoms with E-state index in [-0.39, 0.29) is 24.8 Å². The molecule has 0 spiro atoms. The first kappa shape index (κ1) is 43.7. The first-order valence-corrected chi connectivity index (χ1v) is 22.0. The molecule has 12 heteroatoms. The normalized spacial score (nSPS) is 21.1. The molecule has 4 unspecified atom stereocenters. The van der Waals surface area contributed by atoms with Crippen LogP contribution in [0, 0.1) is 11.3 Å². The molecule has 0 saturated carbocycles. The number of ether oxygens (including phenoxy) is 1. The number of hydrogen-bond donors (Lipinski definition) is 3. The Morgan fingerprint density at radius 1 is 0.828 bits per heavy atom. The van der Waals surface area contributed by atoms with Crippen molar-refractivity contribution in [2.24, 2.45) is 11.3 Å². The quantitative estimate of drug-likeness (QED) is 0.112. The van der Waals surface area contributed by atoms with Crippen molar-refractivity contribution in [2.45, 2.75) is 83.6 Å². The highest BCUT2D eigenvalue weighted by molar-refractivity contribution is 5.94. The summed E-state index contributed by atoms with van der Waals surface area (Å²) in [5.74, 6) is -2.17. The molecule has 3 amide bonds. The first-order valence-electron chi connectivity index (χ1n) is 22.0. The lowest BCUT2D eigenvalue weighted by Crippen LogP contribution is -2.62. The van der Waals surface area contributed by atoms with E-state index in [1.54, 1.807) is 33.2 Å². The van der Waals surface area contributed by atoms with Gasteiger partial charge in [0.15, 0.2) is 0 Å². The van der Waals surface area contributed by atoms with Crippen molar-refractivity contribution in [1.29, 1.82) is 0 Å². The van der Waals surface area contributed by atoms with Crippen molar-refractivity contribution in [3.63, 3.8) is 0 Å². The van der Waals surface area contributed by atoms with Crippen molar-refractivity contribution < 1.29 is 23.9 Å². The Hall–Kier alpha value is -6.92. The average molecular weight is 858 g/mol. The minimum absolute atomic E-state index is 0.00989. The molecule has 5 bridgehead atoms. The number of fused-ring (bicyclic) bond motifs is 4. The van der Waals surface area contributed by atoms with Crippen LogP contribution in [0.1, 0.15) is 87.2 Å². The summed E-state index contributed by atoms with van der Waals surface area (Å²) >= 11 is 0. The number of imidazole rings is 1. The van der Waals surface area contributed by atoms with Crippen LogP contribution >= 0.6 is 0 Å². The fourth-order valence-corrected chi connectivity index (χ4v) is 8.65. The number of aromatic nitrogens is 3. The number of esters is 1. The van der Waals surface area contributed by atoms with Gasteiger partial charge < -0.3 is 19.9 Å². The molecular formula is C52H55N7O5. The monoisotopic (exact) mass is 857 g/mol. The van der Waals surface area contributed by atoms with E-state index < -0.39 is 53.0 Å². The van der Waals surface area contributed by atoms with Gasteiger partial charge in [0.1, 0.15) is 29.8 Å². The van der Waals surface area contributed by atoms with Crippen LogP contribution in [0.15, 0.2) is 140 Å². The number of nitrogens with one attached hydrogen (secondary N) is 3. The lowest BCUT2D eigenvalue weighted by Gasteiger charge is -2.37. The second-order valence-corrected chi connectivity index (χ2v) is 17.7. The largest absolute Gasteiger partial charge is 0.455 e. The van der Waals surface area contributed by atoms with E-state index in [9.17, 15) is 19.2 Å². The van der Waals surface area contributed by atoms with Crippen molar-refractivity contribution in [3.05, 3.63) is 174 Å². The summed E-state index contributed by atoms with van der Waals surface area (Å²) < 4.78 is 8.03. The van der Waals surface area contributed by atoms with Gasteiger partial charge in [-0.05, 0) is 73.9 Å². The molecule has 0 radical (unpaired) electrons. The molecular weight excluding hydrogens is 803 g/mol. The summed E-state index contributed by atoms with van der Waals surface area (Å²) in [7, 11) is 0. The number of carbonyl (C=O) groups is 4. The van der Waals surface area contributed by atoms with Gasteiger partial charge in [0.25, 0.3) is 5.91 Å². The van der Waals surface area contributed by atoms with Crippen LogP contribution in [0.5, 0.6) is 0 Å². The zero-order valence-electron chi connectivity index (χ0n) is 36.9. The maximum absolute atomic E-state index is 14.8. The minimum atomic E-state index is -1.14. The third-order valence-electron chi connectivity index (χ3n) is 12.3. The summed E-state index contributed by atoms with van der Waals surface area (Å²) in [5.41, 5.74) is 6.92. The maximum atomic E-state index is 14.8. The van der Waals surface area contributed by atoms with Gasteiger partial charge in [-0.1, -0.05) is 135 Å². The fraction of sp³-hybridized carbons (Fsp3) is 0.308. The molecule has 1 saturated heterocycles. The molecule has 4 heterocycles. The number of benzene rings is 4. The molecule has 12 nitrogen and oxygen atoms in total. The predicted octanol–water partition coefficient (Wildman–Crippen LogP) is 7.29. The number of cyclic esters (lactones) is 1. The van der Waals surface area contributed by atoms with E-state index in [0.717, 1.165) is 27.6 Å². The van der Waals surface area contributed by atoms with Gasteiger partial charge in [0.2, 0.25) is 11.8 Å². The van der Waals surface area contributed by atoms with Crippen molar-refractivity contribution >= 4 is 40.7 Å². The van der Waals surface area contributed by atoms with Crippen LogP contribution in [0.4, 0.5) is 0 Å². The Morgan fingerprint density at radius 2 is 1.45 bits per heavy atom. The molecule has 0 aliphatic carbocycles. The average Bonchev–Trinajstić information content (AvgIpc) is 3.78. The number of rotatable bonds is 7. The van der Waals surface area contributed by atoms with Gasteiger partial charge in [0.05, 0.1) is 28.6 Å². The molecule has 328 valence electrons. The van der Waals surface area contributed by atoms with E-state index in [1.165, 1.54) is 5.01 Å². The third kappa shape index (κ3) is 8.96. The van der Waals surface area contributed by atoms with Gasteiger partial charge in [-0.3, -0.25) is 24.2 Å². The van der Waals surface area contributed by atoms with Gasteiger partial charge >= 0.3 is 5.97 Å². The van der Waals surface area contributed by atoms with Crippen molar-refractivity contribution in [1.82, 2.24) is 35.6 Å². The molecule has 2 aliphatic rings. The smallest absolute Gasteiger partial charge is 0.325 e. The molecule has 1 fully saturated rings. The van der Waals surface area contributed by atoms with E-state index >= 15 is 0 Å². The molecule has 8 rings (SSSR count). The fourth-order valence-electron chi connectivity index (χ4n) is 8.65. The predicted molar refractivity (Wildman–Crippen MR) is 246 cm³/mol. The molecule has 4 atom stereocenters. The zero-order valence-corrected chi connectivity index (χ0v) is 36.9. The highest BCUT2D eigenvalue weighted by atomic mass is 16.5. The third-order valence-corrected chi connectivity index (χ3v) is 12.3. The van der Waals surface area contributed by atoms with E-state index in [1.807, 2.05) is 111 Å². The lowest BCUT2D eigenvalue weighted by molar-refractivity contribution is -0.157. The van der Waals surface area contributed by atoms with Gasteiger partial charge in [-0.2, -0.15) is 0 Å². The Labute approximate surface area is 374 Å². The summed E-state index contributed by atoms with van der Waals surface area (Å²) in [6.45, 7) is 9.34. The van der Waals surface area contributed by atoms with E-state index in [0.29, 0.717) is 29.7 Å². The molecule has 64 heavy (non-hydrogen) atoms. The summed E-state index contributed by atoms with van der Waals surface area (Å²) in [6, 6.07) is 37.2. The summed E-state index contributed by atoms with van der Waals surface area (Å²) in [6.07, 6.45) is 7.65. The summed E-state index contributed by atoms with van der Waals surface area (Å²) in [5, 5.41) is 8.33. The molecule has 2 aliphatic heterocycles. The number of carbonyl (C=O) groups excluding carboxylic acids is 4. The lowest BCUT2D eigenvalue weighted by atomic mass is 9.77. The van der Waals surface area contributed by atoms with Crippen molar-refractivity contribution in [3.8, 4) is 0 Å². The molecule has 3 N–H and O–H groups in total.